The molecular formula is C16H27N3. The lowest BCUT2D eigenvalue weighted by molar-refractivity contribution is 0.104. The number of piperazine rings is 1. The molecule has 1 fully saturated rings. The van der Waals surface area contributed by atoms with Crippen molar-refractivity contribution in [1.82, 2.24) is 9.80 Å². The van der Waals surface area contributed by atoms with E-state index >= 15 is 0 Å². The first-order valence-corrected chi connectivity index (χ1v) is 7.19. The van der Waals surface area contributed by atoms with Crippen LogP contribution in [0.25, 0.3) is 0 Å². The van der Waals surface area contributed by atoms with Gasteiger partial charge in [-0.2, -0.15) is 0 Å². The Morgan fingerprint density at radius 2 is 2.00 bits per heavy atom. The van der Waals surface area contributed by atoms with E-state index in [9.17, 15) is 0 Å². The molecule has 2 rings (SSSR count). The van der Waals surface area contributed by atoms with Crippen LogP contribution in [0.1, 0.15) is 29.2 Å². The van der Waals surface area contributed by atoms with Gasteiger partial charge >= 0.3 is 0 Å². The number of aryl methyl sites for hydroxylation is 2. The summed E-state index contributed by atoms with van der Waals surface area (Å²) in [5.41, 5.74) is 10.4. The van der Waals surface area contributed by atoms with Gasteiger partial charge in [0.2, 0.25) is 0 Å². The lowest BCUT2D eigenvalue weighted by Crippen LogP contribution is -2.50. The highest BCUT2D eigenvalue weighted by atomic mass is 15.3. The number of rotatable bonds is 3. The van der Waals surface area contributed by atoms with Crippen molar-refractivity contribution in [2.75, 3.05) is 33.7 Å². The van der Waals surface area contributed by atoms with E-state index in [2.05, 4.69) is 55.9 Å². The van der Waals surface area contributed by atoms with Crippen LogP contribution in [0.5, 0.6) is 0 Å². The molecule has 106 valence electrons. The summed E-state index contributed by atoms with van der Waals surface area (Å²) in [5.74, 6) is 0. The molecule has 0 amide bonds. The molecule has 2 unspecified atom stereocenters. The quantitative estimate of drug-likeness (QED) is 0.902. The smallest absolute Gasteiger partial charge is 0.0313 e. The third-order valence-electron chi connectivity index (χ3n) is 4.34. The second kappa shape index (κ2) is 6.04. The summed E-state index contributed by atoms with van der Waals surface area (Å²) in [5, 5.41) is 0. The van der Waals surface area contributed by atoms with Crippen LogP contribution in [0.3, 0.4) is 0 Å². The molecule has 1 aromatic rings. The van der Waals surface area contributed by atoms with E-state index in [1.807, 2.05) is 0 Å². The summed E-state index contributed by atoms with van der Waals surface area (Å²) >= 11 is 0. The van der Waals surface area contributed by atoms with Crippen molar-refractivity contribution >= 4 is 0 Å². The van der Waals surface area contributed by atoms with E-state index < -0.39 is 0 Å². The maximum Gasteiger partial charge on any atom is 0.0313 e. The van der Waals surface area contributed by atoms with Crippen LogP contribution in [0, 0.1) is 13.8 Å². The Morgan fingerprint density at radius 3 is 2.74 bits per heavy atom. The van der Waals surface area contributed by atoms with Crippen LogP contribution in [0.2, 0.25) is 0 Å². The standard InChI is InChI=1S/C16H27N3/c1-12-5-6-13(2)15(9-12)16(17)10-14-11-18(3)7-8-19(14)4/h5-6,9,14,16H,7-8,10-11,17H2,1-4H3. The van der Waals surface area contributed by atoms with Crippen molar-refractivity contribution in [2.24, 2.45) is 5.73 Å². The van der Waals surface area contributed by atoms with Gasteiger partial charge in [-0.3, -0.25) is 0 Å². The summed E-state index contributed by atoms with van der Waals surface area (Å²) in [6.07, 6.45) is 1.03. The first kappa shape index (κ1) is 14.5. The van der Waals surface area contributed by atoms with Gasteiger partial charge in [-0.1, -0.05) is 23.8 Å². The van der Waals surface area contributed by atoms with Crippen molar-refractivity contribution in [3.63, 3.8) is 0 Å². The largest absolute Gasteiger partial charge is 0.324 e. The molecule has 3 heteroatoms. The van der Waals surface area contributed by atoms with Gasteiger partial charge in [0, 0.05) is 31.7 Å². The van der Waals surface area contributed by atoms with E-state index in [1.165, 1.54) is 16.7 Å². The molecule has 1 aromatic carbocycles. The number of likely N-dealkylation sites (N-methyl/N-ethyl adjacent to an activating group) is 2. The molecule has 3 nitrogen and oxygen atoms in total. The van der Waals surface area contributed by atoms with Gasteiger partial charge in [-0.25, -0.2) is 0 Å². The highest BCUT2D eigenvalue weighted by molar-refractivity contribution is 5.32. The molecule has 0 spiro atoms. The molecule has 1 heterocycles. The molecule has 19 heavy (non-hydrogen) atoms. The van der Waals surface area contributed by atoms with E-state index in [4.69, 9.17) is 5.73 Å². The van der Waals surface area contributed by atoms with Gasteiger partial charge in [0.15, 0.2) is 0 Å². The molecule has 0 aromatic heterocycles. The maximum atomic E-state index is 6.46. The third kappa shape index (κ3) is 3.56. The van der Waals surface area contributed by atoms with Crippen LogP contribution in [-0.2, 0) is 0 Å². The minimum Gasteiger partial charge on any atom is -0.324 e. The first-order valence-electron chi connectivity index (χ1n) is 7.19. The van der Waals surface area contributed by atoms with Gasteiger partial charge in [0.1, 0.15) is 0 Å². The van der Waals surface area contributed by atoms with Crippen LogP contribution in [-0.4, -0.2) is 49.6 Å². The molecule has 0 radical (unpaired) electrons. The molecule has 1 saturated heterocycles. The summed E-state index contributed by atoms with van der Waals surface area (Å²) in [6.45, 7) is 7.71. The molecule has 2 N–H and O–H groups in total. The minimum absolute atomic E-state index is 0.138. The number of nitrogens with zero attached hydrogens (tertiary/aromatic N) is 2. The monoisotopic (exact) mass is 261 g/mol. The Labute approximate surface area is 117 Å². The van der Waals surface area contributed by atoms with E-state index in [1.54, 1.807) is 0 Å². The second-order valence-electron chi connectivity index (χ2n) is 6.10. The maximum absolute atomic E-state index is 6.46. The van der Waals surface area contributed by atoms with Crippen molar-refractivity contribution in [3.8, 4) is 0 Å². The van der Waals surface area contributed by atoms with Crippen molar-refractivity contribution < 1.29 is 0 Å². The third-order valence-corrected chi connectivity index (χ3v) is 4.34. The zero-order valence-electron chi connectivity index (χ0n) is 12.7. The van der Waals surface area contributed by atoms with Gasteiger partial charge in [0.25, 0.3) is 0 Å². The fourth-order valence-electron chi connectivity index (χ4n) is 2.94. The Hall–Kier alpha value is -0.900. The molecular weight excluding hydrogens is 234 g/mol. The lowest BCUT2D eigenvalue weighted by Gasteiger charge is -2.39. The lowest BCUT2D eigenvalue weighted by atomic mass is 9.93. The number of benzene rings is 1. The fraction of sp³-hybridized carbons (Fsp3) is 0.625. The second-order valence-corrected chi connectivity index (χ2v) is 6.10. The number of nitrogens with two attached hydrogens (primary N) is 1. The summed E-state index contributed by atoms with van der Waals surface area (Å²) in [6, 6.07) is 7.28. The van der Waals surface area contributed by atoms with Crippen LogP contribution in [0.4, 0.5) is 0 Å². The van der Waals surface area contributed by atoms with Crippen LogP contribution in [0.15, 0.2) is 18.2 Å². The average molecular weight is 261 g/mol. The Kier molecular flexibility index (Phi) is 4.61. The van der Waals surface area contributed by atoms with Crippen molar-refractivity contribution in [3.05, 3.63) is 34.9 Å². The Balaban J connectivity index is 2.07. The zero-order chi connectivity index (χ0) is 14.0. The highest BCUT2D eigenvalue weighted by Crippen LogP contribution is 2.23. The molecule has 0 aliphatic carbocycles. The Morgan fingerprint density at radius 1 is 1.26 bits per heavy atom. The number of hydrogen-bond donors (Lipinski definition) is 1. The predicted molar refractivity (Wildman–Crippen MR) is 81.4 cm³/mol. The van der Waals surface area contributed by atoms with Crippen LogP contribution < -0.4 is 5.73 Å². The molecule has 0 saturated carbocycles. The summed E-state index contributed by atoms with van der Waals surface area (Å²) in [4.78, 5) is 4.85. The van der Waals surface area contributed by atoms with Gasteiger partial charge in [-0.15, -0.1) is 0 Å². The predicted octanol–water partition coefficient (Wildman–Crippen LogP) is 1.94. The SMILES string of the molecule is Cc1ccc(C)c(C(N)CC2CN(C)CCN2C)c1. The molecule has 0 bridgehead atoms. The van der Waals surface area contributed by atoms with Gasteiger partial charge in [0.05, 0.1) is 0 Å². The molecule has 1 aliphatic rings. The normalized spacial score (nSPS) is 23.5. The van der Waals surface area contributed by atoms with Gasteiger partial charge < -0.3 is 15.5 Å². The summed E-state index contributed by atoms with van der Waals surface area (Å²) in [7, 11) is 4.41. The topological polar surface area (TPSA) is 32.5 Å². The number of hydrogen-bond acceptors (Lipinski definition) is 3. The fourth-order valence-corrected chi connectivity index (χ4v) is 2.94. The zero-order valence-corrected chi connectivity index (χ0v) is 12.7. The highest BCUT2D eigenvalue weighted by Gasteiger charge is 2.24. The molecule has 1 aliphatic heterocycles. The molecule has 2 atom stereocenters. The summed E-state index contributed by atoms with van der Waals surface area (Å²) < 4.78 is 0. The minimum atomic E-state index is 0.138. The van der Waals surface area contributed by atoms with E-state index in [-0.39, 0.29) is 6.04 Å². The van der Waals surface area contributed by atoms with Crippen molar-refractivity contribution in [1.29, 1.82) is 0 Å². The van der Waals surface area contributed by atoms with E-state index in [0.29, 0.717) is 6.04 Å². The average Bonchev–Trinajstić information content (AvgIpc) is 2.36. The first-order chi connectivity index (χ1) is 8.97. The van der Waals surface area contributed by atoms with Gasteiger partial charge in [-0.05, 0) is 45.5 Å². The van der Waals surface area contributed by atoms with Crippen molar-refractivity contribution in [2.45, 2.75) is 32.4 Å². The Bertz CT molecular complexity index is 430. The van der Waals surface area contributed by atoms with E-state index in [0.717, 1.165) is 26.1 Å². The van der Waals surface area contributed by atoms with Crippen LogP contribution >= 0.6 is 0 Å².